The van der Waals surface area contributed by atoms with Gasteiger partial charge in [0.25, 0.3) is 0 Å². The summed E-state index contributed by atoms with van der Waals surface area (Å²) in [4.78, 5) is 10.8. The van der Waals surface area contributed by atoms with E-state index in [1.54, 1.807) is 12.1 Å². The van der Waals surface area contributed by atoms with Gasteiger partial charge in [-0.15, -0.1) is 0 Å². The van der Waals surface area contributed by atoms with E-state index in [9.17, 15) is 9.90 Å². The van der Waals surface area contributed by atoms with E-state index >= 15 is 0 Å². The zero-order valence-corrected chi connectivity index (χ0v) is 13.8. The third-order valence-electron chi connectivity index (χ3n) is 3.12. The number of aryl methyl sites for hydroxylation is 1. The lowest BCUT2D eigenvalue weighted by Crippen LogP contribution is -2.25. The first-order valence-electron chi connectivity index (χ1n) is 6.86. The van der Waals surface area contributed by atoms with Crippen LogP contribution in [0.3, 0.4) is 0 Å². The molecule has 22 heavy (non-hydrogen) atoms. The van der Waals surface area contributed by atoms with Crippen molar-refractivity contribution in [3.8, 4) is 0 Å². The molecular weight excluding hydrogens is 331 g/mol. The van der Waals surface area contributed by atoms with Gasteiger partial charge in [0.15, 0.2) is 0 Å². The summed E-state index contributed by atoms with van der Waals surface area (Å²) < 4.78 is 10.0. The Hall–Kier alpha value is -0.850. The second-order valence-electron chi connectivity index (χ2n) is 4.96. The van der Waals surface area contributed by atoms with Gasteiger partial charge in [-0.3, -0.25) is 4.79 Å². The fraction of sp³-hybridized carbons (Fsp3) is 0.533. The quantitative estimate of drug-likeness (QED) is 0.634. The molecule has 0 aliphatic carbocycles. The van der Waals surface area contributed by atoms with Gasteiger partial charge < -0.3 is 19.7 Å². The molecule has 0 spiro atoms. The van der Waals surface area contributed by atoms with E-state index < -0.39 is 18.2 Å². The average molecular weight is 351 g/mol. The van der Waals surface area contributed by atoms with Crippen molar-refractivity contribution < 1.29 is 24.5 Å². The summed E-state index contributed by atoms with van der Waals surface area (Å²) in [6, 6.07) is 5.21. The number of carboxylic acids is 1. The number of rotatable bonds is 10. The van der Waals surface area contributed by atoms with Crippen molar-refractivity contribution in [1.29, 1.82) is 0 Å². The number of carboxylic acid groups (broad SMARTS) is 1. The van der Waals surface area contributed by atoms with Crippen molar-refractivity contribution in [2.24, 2.45) is 0 Å². The maximum atomic E-state index is 10.8. The van der Waals surface area contributed by atoms with Crippen molar-refractivity contribution in [1.82, 2.24) is 0 Å². The summed E-state index contributed by atoms with van der Waals surface area (Å²) in [6.45, 7) is -0.00627. The maximum absolute atomic E-state index is 10.8. The largest absolute Gasteiger partial charge is 0.481 e. The van der Waals surface area contributed by atoms with Gasteiger partial charge >= 0.3 is 5.97 Å². The normalized spacial score (nSPS) is 13.8. The molecule has 2 N–H and O–H groups in total. The van der Waals surface area contributed by atoms with Gasteiger partial charge in [0.2, 0.25) is 0 Å². The van der Waals surface area contributed by atoms with E-state index in [4.69, 9.17) is 37.8 Å². The lowest BCUT2D eigenvalue weighted by atomic mass is 10.0. The van der Waals surface area contributed by atoms with Crippen LogP contribution in [0.1, 0.15) is 24.8 Å². The molecule has 0 aliphatic heterocycles. The molecule has 0 fully saturated rings. The van der Waals surface area contributed by atoms with Gasteiger partial charge in [-0.25, -0.2) is 0 Å². The molecule has 0 bridgehead atoms. The molecule has 7 heteroatoms. The number of halogens is 2. The first-order valence-corrected chi connectivity index (χ1v) is 7.62. The molecule has 1 rings (SSSR count). The Morgan fingerprint density at radius 1 is 1.36 bits per heavy atom. The highest BCUT2D eigenvalue weighted by Crippen LogP contribution is 2.23. The van der Waals surface area contributed by atoms with Gasteiger partial charge in [0.05, 0.1) is 18.6 Å². The van der Waals surface area contributed by atoms with E-state index in [-0.39, 0.29) is 19.6 Å². The summed E-state index contributed by atoms with van der Waals surface area (Å²) in [7, 11) is 1.46. The minimum absolute atomic E-state index is 0.00627. The number of benzene rings is 1. The lowest BCUT2D eigenvalue weighted by molar-refractivity contribution is -0.144. The van der Waals surface area contributed by atoms with Crippen molar-refractivity contribution in [3.63, 3.8) is 0 Å². The van der Waals surface area contributed by atoms with Gasteiger partial charge in [-0.05, 0) is 30.5 Å². The van der Waals surface area contributed by atoms with Crippen LogP contribution < -0.4 is 0 Å². The molecule has 0 heterocycles. The number of aliphatic hydroxyl groups excluding tert-OH is 1. The van der Waals surface area contributed by atoms with Crippen LogP contribution in [-0.4, -0.2) is 42.3 Å². The Balaban J connectivity index is 2.48. The number of aliphatic carboxylic acids is 1. The number of methoxy groups -OCH3 is 1. The predicted molar refractivity (Wildman–Crippen MR) is 84.4 cm³/mol. The summed E-state index contributed by atoms with van der Waals surface area (Å²) >= 11 is 11.9. The number of hydrogen-bond donors (Lipinski definition) is 2. The van der Waals surface area contributed by atoms with Gasteiger partial charge in [0.1, 0.15) is 6.79 Å². The van der Waals surface area contributed by atoms with Crippen LogP contribution in [0.5, 0.6) is 0 Å². The fourth-order valence-electron chi connectivity index (χ4n) is 2.04. The van der Waals surface area contributed by atoms with E-state index in [0.717, 1.165) is 5.56 Å². The monoisotopic (exact) mass is 350 g/mol. The highest BCUT2D eigenvalue weighted by atomic mass is 35.5. The van der Waals surface area contributed by atoms with Crippen molar-refractivity contribution in [3.05, 3.63) is 33.8 Å². The SMILES string of the molecule is COCOC(CC(=O)O)CC(O)CCc1ccc(Cl)cc1Cl. The molecule has 124 valence electrons. The number of hydrogen-bond acceptors (Lipinski definition) is 4. The lowest BCUT2D eigenvalue weighted by Gasteiger charge is -2.19. The topological polar surface area (TPSA) is 76.0 Å². The minimum Gasteiger partial charge on any atom is -0.481 e. The molecule has 0 amide bonds. The highest BCUT2D eigenvalue weighted by Gasteiger charge is 2.18. The zero-order valence-electron chi connectivity index (χ0n) is 12.3. The van der Waals surface area contributed by atoms with Crippen LogP contribution in [0.25, 0.3) is 0 Å². The van der Waals surface area contributed by atoms with Crippen molar-refractivity contribution in [2.45, 2.75) is 37.9 Å². The third-order valence-corrected chi connectivity index (χ3v) is 3.71. The van der Waals surface area contributed by atoms with Gasteiger partial charge in [-0.2, -0.15) is 0 Å². The van der Waals surface area contributed by atoms with Crippen LogP contribution >= 0.6 is 23.2 Å². The van der Waals surface area contributed by atoms with Gasteiger partial charge in [0, 0.05) is 23.6 Å². The van der Waals surface area contributed by atoms with Crippen LogP contribution in [0.4, 0.5) is 0 Å². The Morgan fingerprint density at radius 3 is 2.68 bits per heavy atom. The van der Waals surface area contributed by atoms with Gasteiger partial charge in [-0.1, -0.05) is 29.3 Å². The Bertz CT molecular complexity index is 481. The Labute approximate surface area is 139 Å². The maximum Gasteiger partial charge on any atom is 0.305 e. The summed E-state index contributed by atoms with van der Waals surface area (Å²) in [6.07, 6.45) is -0.209. The molecular formula is C15H20Cl2O5. The van der Waals surface area contributed by atoms with Crippen LogP contribution in [0.2, 0.25) is 10.0 Å². The molecule has 0 aliphatic rings. The molecule has 0 saturated heterocycles. The number of carbonyl (C=O) groups is 1. The second kappa shape index (κ2) is 10.0. The molecule has 1 aromatic carbocycles. The number of aliphatic hydroxyl groups is 1. The summed E-state index contributed by atoms with van der Waals surface area (Å²) in [5, 5.41) is 20.0. The standard InChI is InChI=1S/C15H20Cl2O5/c1-21-9-22-13(8-15(19)20)7-12(18)5-3-10-2-4-11(16)6-14(10)17/h2,4,6,12-13,18H,3,5,7-9H2,1H3,(H,19,20). The average Bonchev–Trinajstić information content (AvgIpc) is 2.43. The molecule has 0 aromatic heterocycles. The van der Waals surface area contributed by atoms with Crippen LogP contribution in [-0.2, 0) is 20.7 Å². The second-order valence-corrected chi connectivity index (χ2v) is 5.80. The van der Waals surface area contributed by atoms with Crippen LogP contribution in [0, 0.1) is 0 Å². The Kier molecular flexibility index (Phi) is 8.75. The number of ether oxygens (including phenoxy) is 2. The summed E-state index contributed by atoms with van der Waals surface area (Å²) in [5.74, 6) is -0.978. The molecule has 1 aromatic rings. The smallest absolute Gasteiger partial charge is 0.305 e. The van der Waals surface area contributed by atoms with Crippen molar-refractivity contribution in [2.75, 3.05) is 13.9 Å². The highest BCUT2D eigenvalue weighted by molar-refractivity contribution is 6.35. The molecule has 0 radical (unpaired) electrons. The van der Waals surface area contributed by atoms with E-state index in [0.29, 0.717) is 22.9 Å². The van der Waals surface area contributed by atoms with E-state index in [2.05, 4.69) is 0 Å². The first-order chi connectivity index (χ1) is 10.4. The first kappa shape index (κ1) is 19.2. The molecule has 2 unspecified atom stereocenters. The predicted octanol–water partition coefficient (Wildman–Crippen LogP) is 3.14. The Morgan fingerprint density at radius 2 is 2.09 bits per heavy atom. The van der Waals surface area contributed by atoms with E-state index in [1.165, 1.54) is 7.11 Å². The third kappa shape index (κ3) is 7.42. The van der Waals surface area contributed by atoms with Crippen molar-refractivity contribution >= 4 is 29.2 Å². The minimum atomic E-state index is -0.978. The molecule has 2 atom stereocenters. The zero-order chi connectivity index (χ0) is 16.5. The van der Waals surface area contributed by atoms with E-state index in [1.807, 2.05) is 6.07 Å². The summed E-state index contributed by atoms with van der Waals surface area (Å²) in [5.41, 5.74) is 0.887. The molecule has 5 nitrogen and oxygen atoms in total. The van der Waals surface area contributed by atoms with Crippen LogP contribution in [0.15, 0.2) is 18.2 Å². The molecule has 0 saturated carbocycles. The fourth-order valence-corrected chi connectivity index (χ4v) is 2.54.